The summed E-state index contributed by atoms with van der Waals surface area (Å²) >= 11 is 4.24. The van der Waals surface area contributed by atoms with Gasteiger partial charge in [0, 0.05) is 6.07 Å². The standard InChI is InChI=1S/C10H16N2OS/c1-8-4-9(13)12(11-5-8)6-10(2,3)7-14/h4-5,14H,6-7H2,1-3H3. The number of aromatic nitrogens is 2. The van der Waals surface area contributed by atoms with E-state index < -0.39 is 0 Å². The molecule has 0 N–H and O–H groups in total. The molecule has 0 radical (unpaired) electrons. The van der Waals surface area contributed by atoms with Crippen molar-refractivity contribution < 1.29 is 0 Å². The molecule has 0 amide bonds. The third-order valence-corrected chi connectivity index (χ3v) is 2.87. The number of rotatable bonds is 3. The van der Waals surface area contributed by atoms with Gasteiger partial charge in [0.15, 0.2) is 0 Å². The Hall–Kier alpha value is -0.770. The first-order valence-corrected chi connectivity index (χ1v) is 5.22. The summed E-state index contributed by atoms with van der Waals surface area (Å²) in [5, 5.41) is 4.08. The highest BCUT2D eigenvalue weighted by atomic mass is 32.1. The number of hydrogen-bond donors (Lipinski definition) is 1. The minimum atomic E-state index is -0.0418. The second-order valence-corrected chi connectivity index (χ2v) is 4.67. The van der Waals surface area contributed by atoms with Crippen LogP contribution in [0.25, 0.3) is 0 Å². The molecule has 1 rings (SSSR count). The van der Waals surface area contributed by atoms with E-state index >= 15 is 0 Å². The van der Waals surface area contributed by atoms with E-state index in [-0.39, 0.29) is 11.0 Å². The summed E-state index contributed by atoms with van der Waals surface area (Å²) in [6.07, 6.45) is 1.70. The van der Waals surface area contributed by atoms with E-state index in [1.165, 1.54) is 4.68 Å². The fourth-order valence-electron chi connectivity index (χ4n) is 1.10. The van der Waals surface area contributed by atoms with E-state index in [9.17, 15) is 4.79 Å². The van der Waals surface area contributed by atoms with E-state index in [4.69, 9.17) is 0 Å². The van der Waals surface area contributed by atoms with Crippen LogP contribution in [0, 0.1) is 12.3 Å². The highest BCUT2D eigenvalue weighted by Crippen LogP contribution is 2.17. The molecule has 0 aliphatic carbocycles. The lowest BCUT2D eigenvalue weighted by Crippen LogP contribution is -2.31. The fraction of sp³-hybridized carbons (Fsp3) is 0.600. The SMILES string of the molecule is Cc1cnn(CC(C)(C)CS)c(=O)c1. The predicted octanol–water partition coefficient (Wildman–Crippen LogP) is 1.51. The monoisotopic (exact) mass is 212 g/mol. The first-order valence-electron chi connectivity index (χ1n) is 4.59. The molecule has 0 atom stereocenters. The molecule has 4 heteroatoms. The number of thiol groups is 1. The zero-order valence-electron chi connectivity index (χ0n) is 8.82. The van der Waals surface area contributed by atoms with Crippen molar-refractivity contribution in [2.75, 3.05) is 5.75 Å². The van der Waals surface area contributed by atoms with E-state index in [1.807, 2.05) is 6.92 Å². The van der Waals surface area contributed by atoms with Crippen molar-refractivity contribution in [2.24, 2.45) is 5.41 Å². The Bertz CT molecular complexity index is 371. The van der Waals surface area contributed by atoms with Gasteiger partial charge < -0.3 is 0 Å². The average molecular weight is 212 g/mol. The molecule has 0 fully saturated rings. The normalized spacial score (nSPS) is 11.7. The number of aryl methyl sites for hydroxylation is 1. The molecule has 1 aromatic heterocycles. The Balaban J connectivity index is 2.93. The molecule has 0 aromatic carbocycles. The summed E-state index contributed by atoms with van der Waals surface area (Å²) in [5.74, 6) is 0.731. The van der Waals surface area contributed by atoms with Gasteiger partial charge in [0.2, 0.25) is 0 Å². The molecular formula is C10H16N2OS. The molecule has 1 heterocycles. The van der Waals surface area contributed by atoms with Gasteiger partial charge in [-0.25, -0.2) is 4.68 Å². The van der Waals surface area contributed by atoms with Crippen LogP contribution in [0.3, 0.4) is 0 Å². The second kappa shape index (κ2) is 4.17. The fourth-order valence-corrected chi connectivity index (χ4v) is 1.20. The van der Waals surface area contributed by atoms with Crippen LogP contribution in [0.5, 0.6) is 0 Å². The average Bonchev–Trinajstić information content (AvgIpc) is 2.10. The van der Waals surface area contributed by atoms with Crippen LogP contribution in [0.15, 0.2) is 17.1 Å². The van der Waals surface area contributed by atoms with Gasteiger partial charge in [-0.15, -0.1) is 0 Å². The smallest absolute Gasteiger partial charge is 0.267 e. The molecule has 0 saturated heterocycles. The lowest BCUT2D eigenvalue weighted by atomic mass is 9.97. The summed E-state index contributed by atoms with van der Waals surface area (Å²) in [4.78, 5) is 11.5. The van der Waals surface area contributed by atoms with Gasteiger partial charge in [0.25, 0.3) is 5.56 Å². The molecule has 0 spiro atoms. The third-order valence-electron chi connectivity index (χ3n) is 2.01. The van der Waals surface area contributed by atoms with Gasteiger partial charge in [-0.2, -0.15) is 17.7 Å². The van der Waals surface area contributed by atoms with Crippen LogP contribution in [-0.4, -0.2) is 15.5 Å². The van der Waals surface area contributed by atoms with Crippen LogP contribution in [0.2, 0.25) is 0 Å². The molecule has 0 bridgehead atoms. The summed E-state index contributed by atoms with van der Waals surface area (Å²) in [6.45, 7) is 6.60. The Labute approximate surface area is 89.6 Å². The highest BCUT2D eigenvalue weighted by molar-refractivity contribution is 7.80. The zero-order valence-corrected chi connectivity index (χ0v) is 9.71. The van der Waals surface area contributed by atoms with Crippen molar-refractivity contribution in [1.29, 1.82) is 0 Å². The highest BCUT2D eigenvalue weighted by Gasteiger charge is 2.17. The van der Waals surface area contributed by atoms with Gasteiger partial charge in [0.05, 0.1) is 12.7 Å². The van der Waals surface area contributed by atoms with Crippen LogP contribution in [-0.2, 0) is 6.54 Å². The Kier molecular flexibility index (Phi) is 3.37. The summed E-state index contributed by atoms with van der Waals surface area (Å²) < 4.78 is 1.49. The van der Waals surface area contributed by atoms with Crippen molar-refractivity contribution in [1.82, 2.24) is 9.78 Å². The van der Waals surface area contributed by atoms with Crippen molar-refractivity contribution in [3.8, 4) is 0 Å². The first kappa shape index (κ1) is 11.3. The van der Waals surface area contributed by atoms with E-state index in [0.29, 0.717) is 6.54 Å². The van der Waals surface area contributed by atoms with Gasteiger partial charge in [-0.05, 0) is 23.7 Å². The molecular weight excluding hydrogens is 196 g/mol. The van der Waals surface area contributed by atoms with Gasteiger partial charge in [0.1, 0.15) is 0 Å². The minimum Gasteiger partial charge on any atom is -0.268 e. The van der Waals surface area contributed by atoms with Crippen molar-refractivity contribution in [3.63, 3.8) is 0 Å². The second-order valence-electron chi connectivity index (χ2n) is 4.35. The Morgan fingerprint density at radius 2 is 2.21 bits per heavy atom. The maximum atomic E-state index is 11.5. The molecule has 78 valence electrons. The quantitative estimate of drug-likeness (QED) is 0.771. The van der Waals surface area contributed by atoms with Crippen LogP contribution in [0.4, 0.5) is 0 Å². The van der Waals surface area contributed by atoms with Crippen molar-refractivity contribution in [3.05, 3.63) is 28.2 Å². The molecule has 0 unspecified atom stereocenters. The topological polar surface area (TPSA) is 34.9 Å². The molecule has 0 saturated carbocycles. The molecule has 3 nitrogen and oxygen atoms in total. The number of nitrogens with zero attached hydrogens (tertiary/aromatic N) is 2. The van der Waals surface area contributed by atoms with Crippen LogP contribution >= 0.6 is 12.6 Å². The molecule has 1 aromatic rings. The van der Waals surface area contributed by atoms with Crippen molar-refractivity contribution in [2.45, 2.75) is 27.3 Å². The Morgan fingerprint density at radius 1 is 1.57 bits per heavy atom. The maximum absolute atomic E-state index is 11.5. The van der Waals surface area contributed by atoms with Gasteiger partial charge in [-0.1, -0.05) is 13.8 Å². The van der Waals surface area contributed by atoms with Crippen LogP contribution < -0.4 is 5.56 Å². The molecule has 0 aliphatic heterocycles. The van der Waals surface area contributed by atoms with E-state index in [2.05, 4.69) is 31.6 Å². The van der Waals surface area contributed by atoms with Gasteiger partial charge in [-0.3, -0.25) is 4.79 Å². The Morgan fingerprint density at radius 3 is 2.71 bits per heavy atom. The van der Waals surface area contributed by atoms with Gasteiger partial charge >= 0.3 is 0 Å². The summed E-state index contributed by atoms with van der Waals surface area (Å²) in [5.41, 5.74) is 0.852. The lowest BCUT2D eigenvalue weighted by molar-refractivity contribution is 0.324. The van der Waals surface area contributed by atoms with E-state index in [1.54, 1.807) is 12.3 Å². The summed E-state index contributed by atoms with van der Waals surface area (Å²) in [7, 11) is 0. The minimum absolute atomic E-state index is 0.00477. The lowest BCUT2D eigenvalue weighted by Gasteiger charge is -2.21. The maximum Gasteiger partial charge on any atom is 0.267 e. The zero-order chi connectivity index (χ0) is 10.8. The third kappa shape index (κ3) is 2.87. The van der Waals surface area contributed by atoms with Crippen molar-refractivity contribution >= 4 is 12.6 Å². The largest absolute Gasteiger partial charge is 0.268 e. The first-order chi connectivity index (χ1) is 6.44. The molecule has 0 aliphatic rings. The predicted molar refractivity (Wildman–Crippen MR) is 60.9 cm³/mol. The van der Waals surface area contributed by atoms with Crippen LogP contribution in [0.1, 0.15) is 19.4 Å². The van der Waals surface area contributed by atoms with E-state index in [0.717, 1.165) is 11.3 Å². The summed E-state index contributed by atoms with van der Waals surface area (Å²) in [6, 6.07) is 1.60. The number of hydrogen-bond acceptors (Lipinski definition) is 3. The molecule has 14 heavy (non-hydrogen) atoms.